The van der Waals surface area contributed by atoms with Gasteiger partial charge in [-0.2, -0.15) is 9.36 Å². The lowest BCUT2D eigenvalue weighted by atomic mass is 9.89. The van der Waals surface area contributed by atoms with Crippen LogP contribution in [0.4, 0.5) is 10.9 Å². The highest BCUT2D eigenvalue weighted by atomic mass is 32.2. The molecule has 21 heteroatoms. The number of oxime groups is 1. The molecule has 2 aromatic heterocycles. The van der Waals surface area contributed by atoms with E-state index in [0.717, 1.165) is 16.4 Å². The number of hydrogen-bond donors (Lipinski definition) is 5. The van der Waals surface area contributed by atoms with Gasteiger partial charge in [0.1, 0.15) is 11.5 Å². The number of carboxylic acids is 3. The van der Waals surface area contributed by atoms with Crippen molar-refractivity contribution in [3.63, 3.8) is 0 Å². The molecule has 0 aromatic carbocycles. The molecule has 1 fully saturated rings. The molecule has 2 atom stereocenters. The van der Waals surface area contributed by atoms with Crippen LogP contribution in [0.15, 0.2) is 27.6 Å². The molecule has 4 rings (SSSR count). The van der Waals surface area contributed by atoms with Gasteiger partial charge in [-0.05, 0) is 20.3 Å². The molecule has 7 N–H and O–H groups in total. The number of aromatic nitrogens is 4. The number of nitrogens with zero attached hydrogens (tertiary/aromatic N) is 7. The van der Waals surface area contributed by atoms with Crippen molar-refractivity contribution in [1.29, 1.82) is 0 Å². The minimum atomic E-state index is -1.80. The van der Waals surface area contributed by atoms with Crippen LogP contribution in [0.1, 0.15) is 50.9 Å². The second kappa shape index (κ2) is 15.6. The fourth-order valence-electron chi connectivity index (χ4n) is 5.05. The van der Waals surface area contributed by atoms with Crippen LogP contribution in [0, 0.1) is 5.92 Å². The molecule has 0 saturated carbocycles. The van der Waals surface area contributed by atoms with Crippen LogP contribution in [-0.2, 0) is 53.6 Å². The van der Waals surface area contributed by atoms with Crippen LogP contribution < -0.4 is 16.1 Å². The lowest BCUT2D eigenvalue weighted by Gasteiger charge is -2.49. The van der Waals surface area contributed by atoms with Crippen molar-refractivity contribution < 1.29 is 53.6 Å². The predicted octanol–water partition coefficient (Wildman–Crippen LogP) is -0.121. The van der Waals surface area contributed by atoms with Gasteiger partial charge in [0, 0.05) is 54.9 Å². The zero-order valence-electron chi connectivity index (χ0n) is 27.3. The zero-order chi connectivity index (χ0) is 36.9. The average molecular weight is 735 g/mol. The molecule has 0 unspecified atom stereocenters. The Bertz CT molecular complexity index is 1810. The number of carbonyl (C=O) groups is 6. The van der Waals surface area contributed by atoms with Crippen molar-refractivity contribution in [1.82, 2.24) is 18.9 Å². The van der Waals surface area contributed by atoms with Gasteiger partial charge in [-0.3, -0.25) is 29.1 Å². The highest BCUT2D eigenvalue weighted by Crippen LogP contribution is 2.45. The fraction of sp³-hybridized carbons (Fsp3) is 0.483. The summed E-state index contributed by atoms with van der Waals surface area (Å²) >= 11 is 2.05. The van der Waals surface area contributed by atoms with Crippen LogP contribution in [0.2, 0.25) is 0 Å². The van der Waals surface area contributed by atoms with E-state index in [4.69, 9.17) is 21.4 Å². The third-order valence-electron chi connectivity index (χ3n) is 7.81. The smallest absolute Gasteiger partial charge is 0.352 e. The third kappa shape index (κ3) is 8.51. The highest BCUT2D eigenvalue weighted by molar-refractivity contribution is 8.00. The van der Waals surface area contributed by atoms with E-state index in [1.807, 2.05) is 0 Å². The quantitative estimate of drug-likeness (QED) is 0.0439. The van der Waals surface area contributed by atoms with E-state index >= 15 is 0 Å². The summed E-state index contributed by atoms with van der Waals surface area (Å²) in [6.07, 6.45) is 3.02. The zero-order valence-corrected chi connectivity index (χ0v) is 28.9. The molecule has 0 spiro atoms. The second-order valence-electron chi connectivity index (χ2n) is 11.9. The number of hydrogen-bond acceptors (Lipinski definition) is 15. The van der Waals surface area contributed by atoms with E-state index in [2.05, 4.69) is 19.5 Å². The first-order valence-corrected chi connectivity index (χ1v) is 16.9. The maximum absolute atomic E-state index is 13.4. The Morgan fingerprint density at radius 3 is 2.54 bits per heavy atom. The molecular weight excluding hydrogens is 699 g/mol. The standard InChI is InChI=1S/C29H35N9O10S2/c1-29(2,27(46)47)48-34-20(23-33-28(31)50-35-23)18(40)10-17-24(43)38-21(26(44)45)15(13-49-25(17)38)12-37-11-14(22(30)36(37)3)9-16(39)5-4-7-32-8-6-19(41)42/h8,11,17,25,30H,4-7,9-10,12-13H2,1-3H3,(H5,31,33,35,41,42,44,45,46,47)/p+1/b32-8?,34-20+/t17-,25-/m1/s1. The number of rotatable bonds is 18. The second-order valence-corrected chi connectivity index (χ2v) is 13.8. The molecule has 1 saturated heterocycles. The summed E-state index contributed by atoms with van der Waals surface area (Å²) in [7, 11) is 1.65. The van der Waals surface area contributed by atoms with Gasteiger partial charge in [-0.25, -0.2) is 9.59 Å². The number of thioether (sulfide) groups is 1. The first-order valence-electron chi connectivity index (χ1n) is 15.1. The van der Waals surface area contributed by atoms with Crippen LogP contribution in [0.5, 0.6) is 0 Å². The maximum atomic E-state index is 13.4. The Morgan fingerprint density at radius 2 is 1.92 bits per heavy atom. The summed E-state index contributed by atoms with van der Waals surface area (Å²) in [4.78, 5) is 88.1. The monoisotopic (exact) mass is 734 g/mol. The number of carbonyl (C=O) groups excluding carboxylic acids is 3. The van der Waals surface area contributed by atoms with Crippen molar-refractivity contribution >= 4 is 81.6 Å². The number of anilines is 2. The Kier molecular flexibility index (Phi) is 11.7. The van der Waals surface area contributed by atoms with Crippen molar-refractivity contribution in [3.8, 4) is 0 Å². The van der Waals surface area contributed by atoms with Gasteiger partial charge in [-0.15, -0.1) is 21.1 Å². The van der Waals surface area contributed by atoms with Gasteiger partial charge in [-0.1, -0.05) is 5.16 Å². The topological polar surface area (TPSA) is 287 Å². The molecule has 2 aliphatic heterocycles. The van der Waals surface area contributed by atoms with Gasteiger partial charge in [0.15, 0.2) is 29.0 Å². The third-order valence-corrected chi connectivity index (χ3v) is 9.75. The number of Topliss-reactive ketones (excluding diaryl/α,β-unsaturated/α-hetero) is 2. The average Bonchev–Trinajstić information content (AvgIpc) is 3.58. The normalized spacial score (nSPS) is 17.9. The van der Waals surface area contributed by atoms with E-state index in [1.165, 1.54) is 31.8 Å². The molecule has 0 bridgehead atoms. The lowest BCUT2D eigenvalue weighted by Crippen LogP contribution is -2.62. The summed E-state index contributed by atoms with van der Waals surface area (Å²) in [5.74, 6) is -5.71. The molecule has 0 radical (unpaired) electrons. The lowest BCUT2D eigenvalue weighted by molar-refractivity contribution is -0.765. The van der Waals surface area contributed by atoms with Gasteiger partial charge < -0.3 is 31.6 Å². The van der Waals surface area contributed by atoms with Crippen LogP contribution in [0.3, 0.4) is 0 Å². The minimum absolute atomic E-state index is 0.0176. The molecule has 0 aliphatic carbocycles. The molecule has 19 nitrogen and oxygen atoms in total. The number of ketones is 2. The molecule has 50 heavy (non-hydrogen) atoms. The van der Waals surface area contributed by atoms with Crippen molar-refractivity contribution in [2.24, 2.45) is 23.1 Å². The largest absolute Gasteiger partial charge is 0.481 e. The summed E-state index contributed by atoms with van der Waals surface area (Å²) < 4.78 is 7.19. The van der Waals surface area contributed by atoms with E-state index in [9.17, 15) is 39.0 Å². The van der Waals surface area contributed by atoms with E-state index < -0.39 is 58.6 Å². The molecule has 4 heterocycles. The first-order chi connectivity index (χ1) is 23.5. The van der Waals surface area contributed by atoms with Crippen LogP contribution in [0.25, 0.3) is 0 Å². The molecular formula is C29H36N9O10S2+. The van der Waals surface area contributed by atoms with Crippen molar-refractivity contribution in [2.75, 3.05) is 23.8 Å². The SMILES string of the molecule is Cn1c(N)c(CC(=O)CCCN=CCC(=O)O)c[n+]1CC1=C(C(=O)O)N2C(=O)[C@@H](CC(=O)/C(=N\OC(C)(C)C(=O)O)c3nsc(N)n3)[C@H]2SC1. The van der Waals surface area contributed by atoms with Gasteiger partial charge >= 0.3 is 17.9 Å². The molecule has 268 valence electrons. The number of β-lactam (4-membered cyclic amide) rings is 1. The highest BCUT2D eigenvalue weighted by Gasteiger charge is 2.54. The first kappa shape index (κ1) is 37.6. The van der Waals surface area contributed by atoms with Crippen LogP contribution in [-0.4, -0.2) is 105 Å². The number of fused-ring (bicyclic) bond motifs is 1. The Morgan fingerprint density at radius 1 is 1.20 bits per heavy atom. The van der Waals surface area contributed by atoms with E-state index in [0.29, 0.717) is 29.9 Å². The van der Waals surface area contributed by atoms with E-state index in [1.54, 1.807) is 22.6 Å². The maximum Gasteiger partial charge on any atom is 0.352 e. The van der Waals surface area contributed by atoms with Gasteiger partial charge in [0.05, 0.1) is 30.3 Å². The van der Waals surface area contributed by atoms with E-state index in [-0.39, 0.29) is 54.0 Å². The van der Waals surface area contributed by atoms with Crippen molar-refractivity contribution in [2.45, 2.75) is 63.5 Å². The Labute approximate surface area is 292 Å². The number of aliphatic carboxylic acids is 3. The number of aliphatic imine (C=N–C) groups is 1. The summed E-state index contributed by atoms with van der Waals surface area (Å²) in [6.45, 7) is 2.81. The van der Waals surface area contributed by atoms with Crippen LogP contribution >= 0.6 is 23.3 Å². The van der Waals surface area contributed by atoms with Gasteiger partial charge in [0.2, 0.25) is 23.5 Å². The van der Waals surface area contributed by atoms with Crippen molar-refractivity contribution in [3.05, 3.63) is 28.9 Å². The summed E-state index contributed by atoms with van der Waals surface area (Å²) in [5, 5.41) is 31.2. The van der Waals surface area contributed by atoms with Gasteiger partial charge in [0.25, 0.3) is 0 Å². The Balaban J connectivity index is 1.46. The molecule has 2 aromatic rings. The Hall–Kier alpha value is -5.18. The summed E-state index contributed by atoms with van der Waals surface area (Å²) in [5.41, 5.74) is 10.4. The minimum Gasteiger partial charge on any atom is -0.481 e. The molecule has 1 amide bonds. The number of carboxylic acid groups (broad SMARTS) is 3. The fourth-order valence-corrected chi connectivity index (χ4v) is 6.88. The number of nitrogens with two attached hydrogens (primary N) is 2. The molecule has 2 aliphatic rings. The predicted molar refractivity (Wildman–Crippen MR) is 178 cm³/mol. The number of amides is 1. The number of nitrogen functional groups attached to an aromatic ring is 2. The summed E-state index contributed by atoms with van der Waals surface area (Å²) in [6, 6.07) is 0.